The van der Waals surface area contributed by atoms with Crippen LogP contribution in [0.25, 0.3) is 0 Å². The van der Waals surface area contributed by atoms with Crippen molar-refractivity contribution in [2.75, 3.05) is 6.54 Å². The van der Waals surface area contributed by atoms with Crippen LogP contribution in [0.15, 0.2) is 24.4 Å². The molecule has 0 atom stereocenters. The van der Waals surface area contributed by atoms with Gasteiger partial charge in [-0.15, -0.1) is 0 Å². The summed E-state index contributed by atoms with van der Waals surface area (Å²) in [6.45, 7) is 5.01. The van der Waals surface area contributed by atoms with E-state index in [1.807, 2.05) is 0 Å². The zero-order chi connectivity index (χ0) is 15.2. The number of hydrogen-bond donors (Lipinski definition) is 2. The van der Waals surface area contributed by atoms with Crippen molar-refractivity contribution in [1.82, 2.24) is 15.4 Å². The molecule has 1 aromatic rings. The first kappa shape index (κ1) is 15.9. The number of ether oxygens (including phenoxy) is 1. The third-order valence-electron chi connectivity index (χ3n) is 2.05. The average Bonchev–Trinajstić information content (AvgIpc) is 2.26. The van der Waals surface area contributed by atoms with Crippen molar-refractivity contribution in [2.24, 2.45) is 0 Å². The van der Waals surface area contributed by atoms with E-state index in [0.717, 1.165) is 0 Å². The van der Waals surface area contributed by atoms with Gasteiger partial charge >= 0.3 is 12.1 Å². The Labute approximate surface area is 117 Å². The summed E-state index contributed by atoms with van der Waals surface area (Å²) in [6.07, 6.45) is 0.900. The fraction of sp³-hybridized carbons (Fsp3) is 0.462. The van der Waals surface area contributed by atoms with Crippen molar-refractivity contribution in [3.8, 4) is 0 Å². The van der Waals surface area contributed by atoms with Gasteiger partial charge in [-0.2, -0.15) is 0 Å². The third-order valence-corrected chi connectivity index (χ3v) is 2.05. The van der Waals surface area contributed by atoms with Gasteiger partial charge < -0.3 is 9.84 Å². The number of nitrogens with zero attached hydrogens (tertiary/aromatic N) is 2. The maximum absolute atomic E-state index is 11.7. The van der Waals surface area contributed by atoms with Crippen molar-refractivity contribution < 1.29 is 19.4 Å². The van der Waals surface area contributed by atoms with E-state index in [9.17, 15) is 9.59 Å². The van der Waals surface area contributed by atoms with Crippen LogP contribution in [0.3, 0.4) is 0 Å². The Hall–Kier alpha value is -2.15. The number of amides is 1. The zero-order valence-corrected chi connectivity index (χ0v) is 11.8. The van der Waals surface area contributed by atoms with Gasteiger partial charge in [0, 0.05) is 6.20 Å². The predicted octanol–water partition coefficient (Wildman–Crippen LogP) is 1.41. The number of carboxylic acids is 1. The van der Waals surface area contributed by atoms with Gasteiger partial charge in [-0.1, -0.05) is 6.07 Å². The van der Waals surface area contributed by atoms with Crippen molar-refractivity contribution in [3.63, 3.8) is 0 Å². The van der Waals surface area contributed by atoms with Crippen LogP contribution in [0, 0.1) is 0 Å². The normalized spacial score (nSPS) is 11.2. The van der Waals surface area contributed by atoms with Crippen LogP contribution >= 0.6 is 0 Å². The fourth-order valence-electron chi connectivity index (χ4n) is 1.42. The first-order valence-electron chi connectivity index (χ1n) is 6.12. The van der Waals surface area contributed by atoms with E-state index in [4.69, 9.17) is 9.84 Å². The molecule has 0 fully saturated rings. The summed E-state index contributed by atoms with van der Waals surface area (Å²) < 4.78 is 5.08. The van der Waals surface area contributed by atoms with Crippen molar-refractivity contribution in [3.05, 3.63) is 30.1 Å². The lowest BCUT2D eigenvalue weighted by Crippen LogP contribution is -2.46. The number of carbonyl (C=O) groups is 2. The molecule has 1 aromatic heterocycles. The van der Waals surface area contributed by atoms with E-state index in [1.54, 1.807) is 45.2 Å². The minimum atomic E-state index is -1.06. The van der Waals surface area contributed by atoms with Crippen LogP contribution in [0.1, 0.15) is 26.5 Å². The first-order chi connectivity index (χ1) is 9.26. The quantitative estimate of drug-likeness (QED) is 0.793. The molecule has 0 aromatic carbocycles. The Kier molecular flexibility index (Phi) is 5.45. The molecule has 0 radical (unpaired) electrons. The second-order valence-electron chi connectivity index (χ2n) is 5.18. The van der Waals surface area contributed by atoms with Gasteiger partial charge in [0.15, 0.2) is 0 Å². The average molecular weight is 281 g/mol. The Balaban J connectivity index is 2.65. The molecule has 0 saturated heterocycles. The molecular formula is C13H19N3O4. The lowest BCUT2D eigenvalue weighted by Gasteiger charge is -2.24. The number of aliphatic carboxylic acids is 1. The highest BCUT2D eigenvalue weighted by molar-refractivity contribution is 5.71. The molecule has 7 heteroatoms. The third kappa shape index (κ3) is 6.69. The number of hydrazine groups is 1. The molecule has 0 spiro atoms. The van der Waals surface area contributed by atoms with Gasteiger partial charge in [0.05, 0.1) is 12.2 Å². The SMILES string of the molecule is CC(C)(C)OC(=O)NN(CC(=O)O)Cc1ccccn1. The Bertz CT molecular complexity index is 456. The summed E-state index contributed by atoms with van der Waals surface area (Å²) in [5, 5.41) is 10.1. The number of nitrogens with one attached hydrogen (secondary N) is 1. The van der Waals surface area contributed by atoms with Gasteiger partial charge in [0.25, 0.3) is 0 Å². The topological polar surface area (TPSA) is 91.8 Å². The number of hydrogen-bond acceptors (Lipinski definition) is 5. The van der Waals surface area contributed by atoms with Crippen LogP contribution in [-0.4, -0.2) is 39.3 Å². The highest BCUT2D eigenvalue weighted by Gasteiger charge is 2.20. The lowest BCUT2D eigenvalue weighted by atomic mass is 10.2. The van der Waals surface area contributed by atoms with Crippen molar-refractivity contribution in [1.29, 1.82) is 0 Å². The summed E-state index contributed by atoms with van der Waals surface area (Å²) in [5.74, 6) is -1.06. The summed E-state index contributed by atoms with van der Waals surface area (Å²) in [5.41, 5.74) is 2.40. The van der Waals surface area contributed by atoms with Gasteiger partial charge in [-0.25, -0.2) is 9.80 Å². The maximum Gasteiger partial charge on any atom is 0.422 e. The number of carbonyl (C=O) groups excluding carboxylic acids is 1. The number of aromatic nitrogens is 1. The molecule has 0 saturated carbocycles. The van der Waals surface area contributed by atoms with Crippen molar-refractivity contribution >= 4 is 12.1 Å². The minimum absolute atomic E-state index is 0.173. The Morgan fingerprint density at radius 1 is 1.40 bits per heavy atom. The zero-order valence-electron chi connectivity index (χ0n) is 11.8. The molecule has 1 amide bonds. The van der Waals surface area contributed by atoms with Gasteiger partial charge in [-0.3, -0.25) is 15.2 Å². The van der Waals surface area contributed by atoms with Crippen LogP contribution in [-0.2, 0) is 16.1 Å². The molecule has 7 nitrogen and oxygen atoms in total. The number of rotatable bonds is 5. The van der Waals surface area contributed by atoms with E-state index >= 15 is 0 Å². The molecule has 1 rings (SSSR count). The standard InChI is InChI=1S/C13H19N3O4/c1-13(2,3)20-12(19)15-16(9-11(17)18)8-10-6-4-5-7-14-10/h4-7H,8-9H2,1-3H3,(H,15,19)(H,17,18). The Morgan fingerprint density at radius 2 is 2.10 bits per heavy atom. The second-order valence-corrected chi connectivity index (χ2v) is 5.18. The van der Waals surface area contributed by atoms with E-state index in [2.05, 4.69) is 10.4 Å². The molecule has 0 bridgehead atoms. The second kappa shape index (κ2) is 6.85. The molecular weight excluding hydrogens is 262 g/mol. The van der Waals surface area contributed by atoms with Crippen LogP contribution in [0.2, 0.25) is 0 Å². The minimum Gasteiger partial charge on any atom is -0.480 e. The molecule has 110 valence electrons. The van der Waals surface area contributed by atoms with E-state index in [1.165, 1.54) is 5.01 Å². The summed E-state index contributed by atoms with van der Waals surface area (Å²) in [6, 6.07) is 5.28. The number of carboxylic acid groups (broad SMARTS) is 1. The van der Waals surface area contributed by atoms with Crippen LogP contribution in [0.5, 0.6) is 0 Å². The molecule has 0 unspecified atom stereocenters. The predicted molar refractivity (Wildman–Crippen MR) is 71.7 cm³/mol. The Morgan fingerprint density at radius 3 is 2.60 bits per heavy atom. The molecule has 0 aliphatic carbocycles. The van der Waals surface area contributed by atoms with E-state index < -0.39 is 17.7 Å². The van der Waals surface area contributed by atoms with Crippen LogP contribution in [0.4, 0.5) is 4.79 Å². The molecule has 0 aliphatic rings. The van der Waals surface area contributed by atoms with Crippen LogP contribution < -0.4 is 5.43 Å². The van der Waals surface area contributed by atoms with E-state index in [-0.39, 0.29) is 13.1 Å². The fourth-order valence-corrected chi connectivity index (χ4v) is 1.42. The first-order valence-corrected chi connectivity index (χ1v) is 6.12. The van der Waals surface area contributed by atoms with Gasteiger partial charge in [0.1, 0.15) is 12.1 Å². The largest absolute Gasteiger partial charge is 0.480 e. The molecule has 1 heterocycles. The highest BCUT2D eigenvalue weighted by atomic mass is 16.6. The maximum atomic E-state index is 11.7. The monoisotopic (exact) mass is 281 g/mol. The van der Waals surface area contributed by atoms with E-state index in [0.29, 0.717) is 5.69 Å². The molecule has 0 aliphatic heterocycles. The summed E-state index contributed by atoms with van der Waals surface area (Å²) >= 11 is 0. The lowest BCUT2D eigenvalue weighted by molar-refractivity contribution is -0.139. The van der Waals surface area contributed by atoms with Gasteiger partial charge in [-0.05, 0) is 32.9 Å². The number of pyridine rings is 1. The molecule has 2 N–H and O–H groups in total. The highest BCUT2D eigenvalue weighted by Crippen LogP contribution is 2.07. The van der Waals surface area contributed by atoms with Gasteiger partial charge in [0.2, 0.25) is 0 Å². The molecule has 20 heavy (non-hydrogen) atoms. The smallest absolute Gasteiger partial charge is 0.422 e. The van der Waals surface area contributed by atoms with Crippen molar-refractivity contribution in [2.45, 2.75) is 32.9 Å². The summed E-state index contributed by atoms with van der Waals surface area (Å²) in [4.78, 5) is 26.5. The summed E-state index contributed by atoms with van der Waals surface area (Å²) in [7, 11) is 0.